The molecule has 85 heavy (non-hydrogen) atoms. The Morgan fingerprint density at radius 3 is 0.494 bits per heavy atom. The molecule has 0 amide bonds. The molecule has 0 bridgehead atoms. The quantitative estimate of drug-likeness (QED) is 0.101. The van der Waals surface area contributed by atoms with Gasteiger partial charge in [0.2, 0.25) is 0 Å². The van der Waals surface area contributed by atoms with Crippen molar-refractivity contribution in [1.82, 2.24) is 19.6 Å². The minimum absolute atomic E-state index is 0. The molecule has 0 spiro atoms. The Morgan fingerprint density at radius 2 is 0.424 bits per heavy atom. The molecule has 0 aromatic heterocycles. The average Bonchev–Trinajstić information content (AvgIpc) is 2.41. The fourth-order valence-electron chi connectivity index (χ4n) is 11.3. The molecular weight excluding hydrogens is 1160 g/mol. The number of carbonyl (C=O) groups is 4. The molecule has 4 aliphatic carbocycles. The van der Waals surface area contributed by atoms with E-state index in [9.17, 15) is 39.6 Å². The second kappa shape index (κ2) is 33.4. The van der Waals surface area contributed by atoms with Crippen molar-refractivity contribution >= 4 is 47.2 Å². The third-order valence-electron chi connectivity index (χ3n) is 16.7. The number of hydrogen-bond acceptors (Lipinski definition) is 12. The van der Waals surface area contributed by atoms with Crippen LogP contribution in [0.25, 0.3) is 0 Å². The van der Waals surface area contributed by atoms with Gasteiger partial charge in [0.05, 0.1) is 0 Å². The summed E-state index contributed by atoms with van der Waals surface area (Å²) in [5, 5.41) is 46.4. The van der Waals surface area contributed by atoms with Crippen molar-refractivity contribution in [3.8, 4) is 0 Å². The predicted octanol–water partition coefficient (Wildman–Crippen LogP) is 10.1. The largest absolute Gasteiger partial charge is 4.00 e. The normalized spacial score (nSPS) is 19.9. The van der Waals surface area contributed by atoms with Crippen LogP contribution in [0.3, 0.4) is 0 Å². The number of amidine groups is 4. The van der Waals surface area contributed by atoms with Gasteiger partial charge in [-0.1, -0.05) is 50.0 Å². The Kier molecular flexibility index (Phi) is 31.2. The van der Waals surface area contributed by atoms with Gasteiger partial charge in [0.15, 0.2) is 23.3 Å². The Balaban J connectivity index is 0.00000110. The van der Waals surface area contributed by atoms with Crippen molar-refractivity contribution < 1.29 is 59.1 Å². The van der Waals surface area contributed by atoms with Gasteiger partial charge in [0.25, 0.3) is 0 Å². The molecule has 0 N–H and O–H groups in total. The van der Waals surface area contributed by atoms with Gasteiger partial charge < -0.3 is 59.2 Å². The molecule has 4 unspecified atom stereocenters. The second-order valence-corrected chi connectivity index (χ2v) is 25.4. The van der Waals surface area contributed by atoms with Crippen LogP contribution in [0.2, 0.25) is 0 Å². The summed E-state index contributed by atoms with van der Waals surface area (Å²) in [4.78, 5) is 70.8. The number of carboxylic acid groups (broad SMARTS) is 4. The van der Waals surface area contributed by atoms with Crippen molar-refractivity contribution in [2.45, 2.75) is 270 Å². The van der Waals surface area contributed by atoms with Crippen LogP contribution < -0.4 is 20.4 Å². The van der Waals surface area contributed by atoms with Gasteiger partial charge in [-0.05, 0) is 238 Å². The van der Waals surface area contributed by atoms with Gasteiger partial charge in [-0.25, -0.2) is 0 Å². The standard InChI is InChI=1S/4C17H28N2O2.Ru/c4*1-9(2)18-16(17(20)21)19(10(3)4)15-13(7)11(5)12(6)14(15)8;/h4*9-10,13H,1-8H3,(H,20,21);/q;;;;+4/p-4. The van der Waals surface area contributed by atoms with E-state index in [-0.39, 0.29) is 115 Å². The van der Waals surface area contributed by atoms with Crippen LogP contribution >= 0.6 is 0 Å². The molecule has 0 aromatic carbocycles. The summed E-state index contributed by atoms with van der Waals surface area (Å²) >= 11 is 0. The van der Waals surface area contributed by atoms with Gasteiger partial charge in [0.1, 0.15) is 23.9 Å². The number of allylic oxidation sites excluding steroid dienone is 12. The molecule has 0 radical (unpaired) electrons. The molecule has 0 aromatic rings. The minimum Gasteiger partial charge on any atom is -0.542 e. The molecule has 0 aliphatic heterocycles. The Labute approximate surface area is 526 Å². The van der Waals surface area contributed by atoms with E-state index in [1.54, 1.807) is 0 Å². The molecule has 0 saturated heterocycles. The summed E-state index contributed by atoms with van der Waals surface area (Å²) in [5.41, 5.74) is 18.8. The van der Waals surface area contributed by atoms with Crippen LogP contribution in [-0.4, -0.2) is 115 Å². The van der Waals surface area contributed by atoms with Gasteiger partial charge in [-0.15, -0.1) is 0 Å². The topological polar surface area (TPSA) is 223 Å². The average molecular weight is 1270 g/mol. The van der Waals surface area contributed by atoms with Gasteiger partial charge in [0, 0.05) is 94.8 Å². The smallest absolute Gasteiger partial charge is 0.542 e. The molecule has 476 valence electrons. The SMILES string of the molecule is CC1=C(C)C(C)C(N(C(=NC(C)C)C(=O)[O-])C(C)C)=C1C.CC1=C(C)C(C)C(N(C(=NC(C)C)C(=O)[O-])C(C)C)=C1C.CC1=C(C)C(C)C(N(C(=NC(C)C)C(=O)[O-])C(C)C)=C1C.CC1=C(C)C(C)C(N(C(=NC(C)C)C(=O)[O-])C(C)C)=C1C.[Ru+4]. The minimum atomic E-state index is -1.22. The predicted molar refractivity (Wildman–Crippen MR) is 339 cm³/mol. The number of carboxylic acids is 4. The molecule has 4 atom stereocenters. The molecule has 17 heteroatoms. The molecule has 4 aliphatic rings. The third-order valence-corrected chi connectivity index (χ3v) is 16.7. The monoisotopic (exact) mass is 1270 g/mol. The first-order valence-electron chi connectivity index (χ1n) is 30.2. The van der Waals surface area contributed by atoms with Crippen LogP contribution in [0.4, 0.5) is 0 Å². The third kappa shape index (κ3) is 19.1. The molecule has 0 heterocycles. The summed E-state index contributed by atoms with van der Waals surface area (Å²) in [6.07, 6.45) is 0. The van der Waals surface area contributed by atoms with E-state index in [0.717, 1.165) is 45.1 Å². The maximum Gasteiger partial charge on any atom is 4.00 e. The van der Waals surface area contributed by atoms with Crippen LogP contribution in [0.15, 0.2) is 110 Å². The van der Waals surface area contributed by atoms with Gasteiger partial charge in [-0.3, -0.25) is 20.0 Å². The van der Waals surface area contributed by atoms with Crippen LogP contribution in [0.5, 0.6) is 0 Å². The summed E-state index contributed by atoms with van der Waals surface area (Å²) < 4.78 is 0. The van der Waals surface area contributed by atoms with Crippen molar-refractivity contribution in [3.05, 3.63) is 89.7 Å². The van der Waals surface area contributed by atoms with Gasteiger partial charge in [-0.2, -0.15) is 0 Å². The zero-order valence-corrected chi connectivity index (χ0v) is 59.9. The number of aliphatic imine (C=N–C) groups is 4. The maximum absolute atomic E-state index is 11.6. The second-order valence-electron chi connectivity index (χ2n) is 25.4. The van der Waals surface area contributed by atoms with E-state index in [0.29, 0.717) is 0 Å². The number of aliphatic carboxylic acids is 4. The zero-order valence-electron chi connectivity index (χ0n) is 58.1. The molecule has 0 saturated carbocycles. The number of nitrogens with zero attached hydrogens (tertiary/aromatic N) is 8. The Bertz CT molecular complexity index is 2490. The number of rotatable bonds is 12. The fourth-order valence-corrected chi connectivity index (χ4v) is 11.3. The van der Waals surface area contributed by atoms with Gasteiger partial charge >= 0.3 is 19.5 Å². The van der Waals surface area contributed by atoms with E-state index in [4.69, 9.17) is 0 Å². The van der Waals surface area contributed by atoms with E-state index >= 15 is 0 Å². The van der Waals surface area contributed by atoms with Crippen molar-refractivity contribution in [2.75, 3.05) is 0 Å². The molecule has 16 nitrogen and oxygen atoms in total. The van der Waals surface area contributed by atoms with Crippen molar-refractivity contribution in [2.24, 2.45) is 43.6 Å². The number of carbonyl (C=O) groups excluding carboxylic acids is 4. The Morgan fingerprint density at radius 1 is 0.294 bits per heavy atom. The summed E-state index contributed by atoms with van der Waals surface area (Å²) in [6, 6.07) is -0.339. The molecular formula is C68H108N8O8Ru. The first kappa shape index (κ1) is 79.3. The van der Waals surface area contributed by atoms with E-state index < -0.39 is 23.9 Å². The van der Waals surface area contributed by atoms with Crippen LogP contribution in [0, 0.1) is 23.7 Å². The summed E-state index contributed by atoms with van der Waals surface area (Å²) in [7, 11) is 0. The molecule has 0 fully saturated rings. The first-order chi connectivity index (χ1) is 38.4. The van der Waals surface area contributed by atoms with Crippen LogP contribution in [-0.2, 0) is 38.7 Å². The maximum atomic E-state index is 11.6. The summed E-state index contributed by atoms with van der Waals surface area (Å²) in [5.74, 6) is -3.94. The summed E-state index contributed by atoms with van der Waals surface area (Å²) in [6.45, 7) is 64.2. The molecule has 4 rings (SSSR count). The van der Waals surface area contributed by atoms with E-state index in [2.05, 4.69) is 131 Å². The van der Waals surface area contributed by atoms with Crippen molar-refractivity contribution in [1.29, 1.82) is 0 Å². The van der Waals surface area contributed by atoms with E-state index in [1.807, 2.05) is 130 Å². The first-order valence-corrected chi connectivity index (χ1v) is 30.2. The van der Waals surface area contributed by atoms with E-state index in [1.165, 1.54) is 44.6 Å². The van der Waals surface area contributed by atoms with Crippen molar-refractivity contribution in [3.63, 3.8) is 0 Å². The Hall–Kier alpha value is -5.70. The zero-order chi connectivity index (χ0) is 65.9. The van der Waals surface area contributed by atoms with Crippen LogP contribution in [0.1, 0.15) is 222 Å². The number of hydrogen-bond donors (Lipinski definition) is 0. The fraction of sp³-hybridized carbons (Fsp3) is 0.647.